The number of pyridine rings is 1. The molecule has 0 unspecified atom stereocenters. The number of fused-ring (bicyclic) bond motifs is 1. The topological polar surface area (TPSA) is 122 Å². The number of nitrogen functional groups attached to an aromatic ring is 1. The lowest BCUT2D eigenvalue weighted by molar-refractivity contribution is -0.187. The Kier molecular flexibility index (Phi) is 9.12. The Hall–Kier alpha value is -3.70. The minimum absolute atomic E-state index is 0.214. The van der Waals surface area contributed by atoms with Gasteiger partial charge in [0.25, 0.3) is 5.91 Å². The lowest BCUT2D eigenvalue weighted by Gasteiger charge is -2.25. The number of aromatic nitrogens is 1. The molecule has 1 amide bonds. The molecule has 5 N–H and O–H groups in total. The fourth-order valence-electron chi connectivity index (χ4n) is 4.57. The van der Waals surface area contributed by atoms with Crippen molar-refractivity contribution in [3.05, 3.63) is 77.6 Å². The molecule has 2 aliphatic rings. The highest BCUT2D eigenvalue weighted by Gasteiger charge is 2.22. The fourth-order valence-corrected chi connectivity index (χ4v) is 5.52. The number of amidine groups is 1. The summed E-state index contributed by atoms with van der Waals surface area (Å²) in [6, 6.07) is 15.6. The van der Waals surface area contributed by atoms with Crippen molar-refractivity contribution >= 4 is 41.1 Å². The normalized spacial score (nSPS) is 15.5. The Morgan fingerprint density at radius 1 is 1.07 bits per heavy atom. The Labute approximate surface area is 239 Å². The number of hydroxylamine groups is 2. The number of hydrogen-bond acceptors (Lipinski definition) is 9. The molecule has 10 heteroatoms. The number of hydrogen-bond donors (Lipinski definition) is 3. The van der Waals surface area contributed by atoms with E-state index in [-0.39, 0.29) is 18.9 Å². The van der Waals surface area contributed by atoms with Gasteiger partial charge in [0.15, 0.2) is 0 Å². The largest absolute Gasteiger partial charge is 0.399 e. The predicted octanol–water partition coefficient (Wildman–Crippen LogP) is 4.39. The van der Waals surface area contributed by atoms with Gasteiger partial charge in [0.05, 0.1) is 5.69 Å². The van der Waals surface area contributed by atoms with Gasteiger partial charge in [-0.05, 0) is 59.8 Å². The van der Waals surface area contributed by atoms with E-state index in [0.717, 1.165) is 65.4 Å². The van der Waals surface area contributed by atoms with Crippen LogP contribution in [0.3, 0.4) is 0 Å². The molecule has 40 heavy (non-hydrogen) atoms. The molecule has 0 radical (unpaired) electrons. The summed E-state index contributed by atoms with van der Waals surface area (Å²) in [7, 11) is 0. The van der Waals surface area contributed by atoms with Crippen LogP contribution in [0.25, 0.3) is 17.2 Å². The minimum Gasteiger partial charge on any atom is -0.399 e. The van der Waals surface area contributed by atoms with Gasteiger partial charge in [0, 0.05) is 78.8 Å². The SMILES string of the molecule is CCCN(OCc1ccc(N)cc1)C(=O)C1=Cc2ccc(-c3cncc(SN4CCNCC4)c3)cc2N=C(N)C1. The summed E-state index contributed by atoms with van der Waals surface area (Å²) in [5.74, 6) is 0.167. The van der Waals surface area contributed by atoms with Crippen molar-refractivity contribution in [3.63, 3.8) is 0 Å². The third-order valence-electron chi connectivity index (χ3n) is 6.65. The molecule has 0 aliphatic carbocycles. The number of amides is 1. The molecule has 1 saturated heterocycles. The smallest absolute Gasteiger partial charge is 0.273 e. The van der Waals surface area contributed by atoms with E-state index in [0.29, 0.717) is 23.6 Å². The maximum absolute atomic E-state index is 13.5. The summed E-state index contributed by atoms with van der Waals surface area (Å²) in [5, 5.41) is 4.80. The van der Waals surface area contributed by atoms with Gasteiger partial charge in [-0.15, -0.1) is 0 Å². The number of carbonyl (C=O) groups excluding carboxylic acids is 1. The van der Waals surface area contributed by atoms with E-state index in [2.05, 4.69) is 25.7 Å². The molecule has 2 aliphatic heterocycles. The molecule has 2 aromatic carbocycles. The second-order valence-corrected chi connectivity index (χ2v) is 11.0. The van der Waals surface area contributed by atoms with Crippen molar-refractivity contribution in [2.24, 2.45) is 10.7 Å². The Morgan fingerprint density at radius 2 is 1.88 bits per heavy atom. The number of rotatable bonds is 9. The molecule has 1 aromatic heterocycles. The van der Waals surface area contributed by atoms with Crippen LogP contribution < -0.4 is 16.8 Å². The van der Waals surface area contributed by atoms with Crippen LogP contribution in [0, 0.1) is 0 Å². The van der Waals surface area contributed by atoms with Gasteiger partial charge < -0.3 is 16.8 Å². The maximum Gasteiger partial charge on any atom is 0.273 e. The average Bonchev–Trinajstić information content (AvgIpc) is 3.14. The Bertz CT molecular complexity index is 1400. The number of piperazine rings is 1. The first-order valence-electron chi connectivity index (χ1n) is 13.5. The van der Waals surface area contributed by atoms with E-state index < -0.39 is 0 Å². The zero-order valence-corrected chi connectivity index (χ0v) is 23.5. The number of aliphatic imine (C=N–C) groups is 1. The number of anilines is 1. The molecule has 3 aromatic rings. The van der Waals surface area contributed by atoms with Gasteiger partial charge in [0.1, 0.15) is 12.4 Å². The highest BCUT2D eigenvalue weighted by molar-refractivity contribution is 7.97. The highest BCUT2D eigenvalue weighted by Crippen LogP contribution is 2.33. The quantitative estimate of drug-likeness (QED) is 0.201. The molecule has 5 rings (SSSR count). The van der Waals surface area contributed by atoms with Crippen molar-refractivity contribution in [3.8, 4) is 11.1 Å². The van der Waals surface area contributed by atoms with E-state index in [4.69, 9.17) is 16.3 Å². The Morgan fingerprint density at radius 3 is 2.65 bits per heavy atom. The van der Waals surface area contributed by atoms with Gasteiger partial charge in [-0.2, -0.15) is 0 Å². The van der Waals surface area contributed by atoms with Crippen molar-refractivity contribution in [2.75, 3.05) is 38.5 Å². The van der Waals surface area contributed by atoms with Crippen LogP contribution in [0.1, 0.15) is 30.9 Å². The van der Waals surface area contributed by atoms with E-state index in [9.17, 15) is 4.79 Å². The van der Waals surface area contributed by atoms with Crippen LogP contribution in [0.5, 0.6) is 0 Å². The minimum atomic E-state index is -0.214. The van der Waals surface area contributed by atoms with Crippen molar-refractivity contribution < 1.29 is 9.63 Å². The second-order valence-electron chi connectivity index (χ2n) is 9.82. The molecule has 3 heterocycles. The lowest BCUT2D eigenvalue weighted by Crippen LogP contribution is -2.39. The predicted molar refractivity (Wildman–Crippen MR) is 161 cm³/mol. The summed E-state index contributed by atoms with van der Waals surface area (Å²) in [4.78, 5) is 29.7. The van der Waals surface area contributed by atoms with E-state index >= 15 is 0 Å². The molecular weight excluding hydrogens is 522 g/mol. The highest BCUT2D eigenvalue weighted by atomic mass is 32.2. The van der Waals surface area contributed by atoms with Gasteiger partial charge >= 0.3 is 0 Å². The Balaban J connectivity index is 1.34. The van der Waals surface area contributed by atoms with E-state index in [1.54, 1.807) is 11.9 Å². The summed E-state index contributed by atoms with van der Waals surface area (Å²) in [6.07, 6.45) is 6.62. The van der Waals surface area contributed by atoms with E-state index in [1.807, 2.05) is 67.9 Å². The number of benzene rings is 2. The maximum atomic E-state index is 13.5. The van der Waals surface area contributed by atoms with E-state index in [1.165, 1.54) is 5.06 Å². The standard InChI is InChI=1S/C30H35N7O2S/c1-2-11-37(39-20-21-3-7-26(31)8-4-21)30(38)24-14-23-6-5-22(16-28(23)35-29(32)17-24)25-15-27(19-34-18-25)40-36-12-9-33-10-13-36/h3-8,14-16,18-19,33H,2,9-13,17,20,31H2,1H3,(H2,32,35). The lowest BCUT2D eigenvalue weighted by atomic mass is 10.0. The summed E-state index contributed by atoms with van der Waals surface area (Å²) >= 11 is 1.73. The van der Waals surface area contributed by atoms with Crippen LogP contribution >= 0.6 is 11.9 Å². The van der Waals surface area contributed by atoms with Crippen molar-refractivity contribution in [1.29, 1.82) is 0 Å². The monoisotopic (exact) mass is 557 g/mol. The summed E-state index contributed by atoms with van der Waals surface area (Å²) < 4.78 is 2.35. The summed E-state index contributed by atoms with van der Waals surface area (Å²) in [5.41, 5.74) is 17.8. The van der Waals surface area contributed by atoms with Crippen LogP contribution in [0.4, 0.5) is 11.4 Å². The first kappa shape index (κ1) is 27.9. The molecule has 208 valence electrons. The first-order chi connectivity index (χ1) is 19.5. The second kappa shape index (κ2) is 13.1. The summed E-state index contributed by atoms with van der Waals surface area (Å²) in [6.45, 7) is 6.72. The molecule has 1 fully saturated rings. The van der Waals surface area contributed by atoms with Crippen LogP contribution in [0.2, 0.25) is 0 Å². The average molecular weight is 558 g/mol. The number of nitrogens with two attached hydrogens (primary N) is 2. The first-order valence-corrected chi connectivity index (χ1v) is 14.3. The third kappa shape index (κ3) is 7.08. The zero-order chi connectivity index (χ0) is 27.9. The third-order valence-corrected chi connectivity index (χ3v) is 7.70. The number of nitrogens with zero attached hydrogens (tertiary/aromatic N) is 4. The van der Waals surface area contributed by atoms with Crippen molar-refractivity contribution in [1.82, 2.24) is 19.7 Å². The fraction of sp³-hybridized carbons (Fsp3) is 0.300. The van der Waals surface area contributed by atoms with Gasteiger partial charge in [-0.3, -0.25) is 14.6 Å². The molecule has 0 atom stereocenters. The van der Waals surface area contributed by atoms with Crippen LogP contribution in [0.15, 0.2) is 76.4 Å². The van der Waals surface area contributed by atoms with Gasteiger partial charge in [-0.1, -0.05) is 31.2 Å². The molecule has 9 nitrogen and oxygen atoms in total. The number of carbonyl (C=O) groups is 1. The van der Waals surface area contributed by atoms with Crippen molar-refractivity contribution in [2.45, 2.75) is 31.3 Å². The van der Waals surface area contributed by atoms with Gasteiger partial charge in [-0.25, -0.2) is 14.4 Å². The van der Waals surface area contributed by atoms with Gasteiger partial charge in [0.2, 0.25) is 0 Å². The molecular formula is C30H35N7O2S. The van der Waals surface area contributed by atoms with Crippen LogP contribution in [-0.4, -0.2) is 58.8 Å². The number of nitrogens with one attached hydrogen (secondary N) is 1. The molecule has 0 bridgehead atoms. The molecule has 0 saturated carbocycles. The molecule has 0 spiro atoms. The zero-order valence-electron chi connectivity index (χ0n) is 22.7. The van der Waals surface area contributed by atoms with Crippen LogP contribution in [-0.2, 0) is 16.2 Å².